The van der Waals surface area contributed by atoms with E-state index in [0.717, 1.165) is 24.4 Å². The summed E-state index contributed by atoms with van der Waals surface area (Å²) in [6.45, 7) is 7.51. The van der Waals surface area contributed by atoms with Crippen molar-refractivity contribution in [2.24, 2.45) is 17.8 Å². The summed E-state index contributed by atoms with van der Waals surface area (Å²) in [5, 5.41) is 9.12. The molecular formula is C12H23NO. The Balaban J connectivity index is 1.90. The second kappa shape index (κ2) is 4.19. The van der Waals surface area contributed by atoms with Crippen LogP contribution < -0.4 is 0 Å². The van der Waals surface area contributed by atoms with E-state index >= 15 is 0 Å². The van der Waals surface area contributed by atoms with Gasteiger partial charge in [-0.2, -0.15) is 0 Å². The lowest BCUT2D eigenvalue weighted by atomic mass is 9.97. The van der Waals surface area contributed by atoms with Crippen molar-refractivity contribution in [1.29, 1.82) is 0 Å². The Bertz CT molecular complexity index is 195. The average molecular weight is 197 g/mol. The van der Waals surface area contributed by atoms with E-state index < -0.39 is 0 Å². The number of nitrogens with zero attached hydrogens (tertiary/aromatic N) is 1. The summed E-state index contributed by atoms with van der Waals surface area (Å²) in [6.07, 6.45) is 3.97. The minimum atomic E-state index is 0.382. The smallest absolute Gasteiger partial charge is 0.0471 e. The number of rotatable bonds is 2. The first-order chi connectivity index (χ1) is 6.72. The third-order valence-corrected chi connectivity index (χ3v) is 4.47. The van der Waals surface area contributed by atoms with E-state index in [1.54, 1.807) is 0 Å². The lowest BCUT2D eigenvalue weighted by molar-refractivity contribution is 0.170. The zero-order valence-corrected chi connectivity index (χ0v) is 9.45. The van der Waals surface area contributed by atoms with Crippen LogP contribution in [-0.4, -0.2) is 35.7 Å². The maximum Gasteiger partial charge on any atom is 0.0471 e. The zero-order chi connectivity index (χ0) is 10.1. The molecule has 2 aliphatic rings. The lowest BCUT2D eigenvalue weighted by Crippen LogP contribution is -2.36. The molecule has 1 N–H and O–H groups in total. The molecule has 0 aromatic carbocycles. The number of likely N-dealkylation sites (tertiary alicyclic amines) is 1. The van der Waals surface area contributed by atoms with Crippen molar-refractivity contribution in [2.45, 2.75) is 39.2 Å². The molecule has 0 amide bonds. The molecule has 0 radical (unpaired) electrons. The summed E-state index contributed by atoms with van der Waals surface area (Å²) in [5.41, 5.74) is 0. The standard InChI is InChI=1S/C12H23NO/c1-9-3-4-12(10(9)2)13-6-5-11(7-13)8-14/h9-12,14H,3-8H2,1-2H3. The molecular weight excluding hydrogens is 174 g/mol. The van der Waals surface area contributed by atoms with Gasteiger partial charge < -0.3 is 5.11 Å². The first kappa shape index (κ1) is 10.4. The molecule has 4 unspecified atom stereocenters. The minimum absolute atomic E-state index is 0.382. The number of aliphatic hydroxyl groups is 1. The molecule has 1 saturated heterocycles. The highest BCUT2D eigenvalue weighted by Gasteiger charge is 2.36. The Hall–Kier alpha value is -0.0800. The van der Waals surface area contributed by atoms with Gasteiger partial charge in [0.1, 0.15) is 0 Å². The Morgan fingerprint density at radius 1 is 1.21 bits per heavy atom. The van der Waals surface area contributed by atoms with Crippen LogP contribution in [0.2, 0.25) is 0 Å². The van der Waals surface area contributed by atoms with Crippen molar-refractivity contribution in [3.05, 3.63) is 0 Å². The van der Waals surface area contributed by atoms with E-state index in [4.69, 9.17) is 5.11 Å². The summed E-state index contributed by atoms with van der Waals surface area (Å²) >= 11 is 0. The largest absolute Gasteiger partial charge is 0.396 e. The molecule has 1 aliphatic carbocycles. The first-order valence-corrected chi connectivity index (χ1v) is 6.07. The van der Waals surface area contributed by atoms with Gasteiger partial charge in [0.2, 0.25) is 0 Å². The van der Waals surface area contributed by atoms with Gasteiger partial charge in [-0.05, 0) is 43.6 Å². The van der Waals surface area contributed by atoms with Gasteiger partial charge in [0.25, 0.3) is 0 Å². The SMILES string of the molecule is CC1CCC(N2CCC(CO)C2)C1C. The Morgan fingerprint density at radius 3 is 2.50 bits per heavy atom. The van der Waals surface area contributed by atoms with Crippen LogP contribution >= 0.6 is 0 Å². The zero-order valence-electron chi connectivity index (χ0n) is 9.45. The van der Waals surface area contributed by atoms with Gasteiger partial charge in [-0.3, -0.25) is 4.90 Å². The van der Waals surface area contributed by atoms with Crippen molar-refractivity contribution >= 4 is 0 Å². The fourth-order valence-corrected chi connectivity index (χ4v) is 3.17. The van der Waals surface area contributed by atoms with E-state index in [2.05, 4.69) is 18.7 Å². The van der Waals surface area contributed by atoms with E-state index in [0.29, 0.717) is 12.5 Å². The Labute approximate surface area is 87.3 Å². The highest BCUT2D eigenvalue weighted by Crippen LogP contribution is 2.36. The molecule has 82 valence electrons. The van der Waals surface area contributed by atoms with Crippen LogP contribution in [-0.2, 0) is 0 Å². The molecule has 4 atom stereocenters. The molecule has 2 heteroatoms. The summed E-state index contributed by atoms with van der Waals surface area (Å²) in [4.78, 5) is 2.62. The van der Waals surface area contributed by atoms with Crippen LogP contribution in [0.5, 0.6) is 0 Å². The van der Waals surface area contributed by atoms with E-state index in [-0.39, 0.29) is 0 Å². The normalized spacial score (nSPS) is 44.8. The fourth-order valence-electron chi connectivity index (χ4n) is 3.17. The predicted molar refractivity (Wildman–Crippen MR) is 58.1 cm³/mol. The summed E-state index contributed by atoms with van der Waals surface area (Å²) < 4.78 is 0. The van der Waals surface area contributed by atoms with Crippen molar-refractivity contribution in [3.8, 4) is 0 Å². The second-order valence-electron chi connectivity index (χ2n) is 5.31. The fraction of sp³-hybridized carbons (Fsp3) is 1.00. The molecule has 2 nitrogen and oxygen atoms in total. The van der Waals surface area contributed by atoms with E-state index in [1.165, 1.54) is 25.8 Å². The van der Waals surface area contributed by atoms with Crippen LogP contribution in [0.25, 0.3) is 0 Å². The molecule has 0 aromatic rings. The third-order valence-electron chi connectivity index (χ3n) is 4.47. The summed E-state index contributed by atoms with van der Waals surface area (Å²) in [7, 11) is 0. The molecule has 2 fully saturated rings. The number of hydrogen-bond acceptors (Lipinski definition) is 2. The second-order valence-corrected chi connectivity index (χ2v) is 5.31. The van der Waals surface area contributed by atoms with Gasteiger partial charge in [0, 0.05) is 19.2 Å². The van der Waals surface area contributed by atoms with Crippen LogP contribution in [0.3, 0.4) is 0 Å². The number of hydrogen-bond donors (Lipinski definition) is 1. The monoisotopic (exact) mass is 197 g/mol. The predicted octanol–water partition coefficient (Wildman–Crippen LogP) is 1.74. The third kappa shape index (κ3) is 1.82. The van der Waals surface area contributed by atoms with Crippen LogP contribution in [0, 0.1) is 17.8 Å². The Morgan fingerprint density at radius 2 is 2.00 bits per heavy atom. The van der Waals surface area contributed by atoms with Crippen LogP contribution in [0.4, 0.5) is 0 Å². The molecule has 0 bridgehead atoms. The minimum Gasteiger partial charge on any atom is -0.396 e. The molecule has 0 spiro atoms. The van der Waals surface area contributed by atoms with E-state index in [9.17, 15) is 0 Å². The van der Waals surface area contributed by atoms with E-state index in [1.807, 2.05) is 0 Å². The Kier molecular flexibility index (Phi) is 3.13. The highest BCUT2D eigenvalue weighted by molar-refractivity contribution is 4.90. The first-order valence-electron chi connectivity index (χ1n) is 6.07. The van der Waals surface area contributed by atoms with Crippen molar-refractivity contribution in [1.82, 2.24) is 4.90 Å². The van der Waals surface area contributed by atoms with Crippen molar-refractivity contribution in [2.75, 3.05) is 19.7 Å². The quantitative estimate of drug-likeness (QED) is 0.729. The van der Waals surface area contributed by atoms with Crippen molar-refractivity contribution < 1.29 is 5.11 Å². The van der Waals surface area contributed by atoms with Crippen LogP contribution in [0.1, 0.15) is 33.1 Å². The molecule has 1 saturated carbocycles. The maximum atomic E-state index is 9.12. The highest BCUT2D eigenvalue weighted by atomic mass is 16.3. The van der Waals surface area contributed by atoms with Gasteiger partial charge in [0.05, 0.1) is 0 Å². The summed E-state index contributed by atoms with van der Waals surface area (Å²) in [5.74, 6) is 2.30. The van der Waals surface area contributed by atoms with Crippen LogP contribution in [0.15, 0.2) is 0 Å². The molecule has 14 heavy (non-hydrogen) atoms. The van der Waals surface area contributed by atoms with Gasteiger partial charge in [-0.25, -0.2) is 0 Å². The lowest BCUT2D eigenvalue weighted by Gasteiger charge is -2.28. The molecule has 1 aliphatic heterocycles. The van der Waals surface area contributed by atoms with Gasteiger partial charge >= 0.3 is 0 Å². The van der Waals surface area contributed by atoms with Crippen molar-refractivity contribution in [3.63, 3.8) is 0 Å². The molecule has 1 heterocycles. The average Bonchev–Trinajstić information content (AvgIpc) is 2.75. The molecule has 2 rings (SSSR count). The maximum absolute atomic E-state index is 9.12. The van der Waals surface area contributed by atoms with Gasteiger partial charge in [-0.15, -0.1) is 0 Å². The van der Waals surface area contributed by atoms with Gasteiger partial charge in [-0.1, -0.05) is 13.8 Å². The topological polar surface area (TPSA) is 23.5 Å². The van der Waals surface area contributed by atoms with Gasteiger partial charge in [0.15, 0.2) is 0 Å². The number of aliphatic hydroxyl groups excluding tert-OH is 1. The molecule has 0 aromatic heterocycles. The summed E-state index contributed by atoms with van der Waals surface area (Å²) in [6, 6.07) is 0.807.